The van der Waals surface area contributed by atoms with Crippen LogP contribution in [0, 0.1) is 18.3 Å². The SMILES string of the molecule is C#CCC(N)C(C(=O)O)C(=O)OC(F)CCC. The van der Waals surface area contributed by atoms with Crippen LogP contribution in [0.1, 0.15) is 26.2 Å². The molecule has 3 atom stereocenters. The average molecular weight is 245 g/mol. The van der Waals surface area contributed by atoms with Gasteiger partial charge in [0.1, 0.15) is 0 Å². The van der Waals surface area contributed by atoms with E-state index in [0.717, 1.165) is 0 Å². The number of esters is 1. The fraction of sp³-hybridized carbons (Fsp3) is 0.636. The van der Waals surface area contributed by atoms with Gasteiger partial charge in [-0.15, -0.1) is 12.3 Å². The van der Waals surface area contributed by atoms with Crippen LogP contribution in [0.3, 0.4) is 0 Å². The fourth-order valence-electron chi connectivity index (χ4n) is 1.20. The third kappa shape index (κ3) is 5.31. The van der Waals surface area contributed by atoms with Crippen molar-refractivity contribution in [3.63, 3.8) is 0 Å². The number of halogens is 1. The van der Waals surface area contributed by atoms with Crippen LogP contribution in [0.4, 0.5) is 4.39 Å². The zero-order valence-electron chi connectivity index (χ0n) is 9.56. The molecule has 0 aromatic carbocycles. The molecule has 0 amide bonds. The molecule has 0 bridgehead atoms. The van der Waals surface area contributed by atoms with Gasteiger partial charge in [0.25, 0.3) is 0 Å². The first kappa shape index (κ1) is 15.4. The Morgan fingerprint density at radius 2 is 2.18 bits per heavy atom. The highest BCUT2D eigenvalue weighted by Gasteiger charge is 2.35. The molecule has 0 spiro atoms. The summed E-state index contributed by atoms with van der Waals surface area (Å²) in [4.78, 5) is 22.2. The van der Waals surface area contributed by atoms with Crippen LogP contribution in [-0.2, 0) is 14.3 Å². The molecule has 0 fully saturated rings. The number of carboxylic acid groups (broad SMARTS) is 1. The number of carbonyl (C=O) groups is 2. The summed E-state index contributed by atoms with van der Waals surface area (Å²) in [5.74, 6) is -2.16. The van der Waals surface area contributed by atoms with Gasteiger partial charge in [0.2, 0.25) is 6.36 Å². The van der Waals surface area contributed by atoms with Gasteiger partial charge < -0.3 is 15.6 Å². The van der Waals surface area contributed by atoms with E-state index in [2.05, 4.69) is 10.7 Å². The molecule has 96 valence electrons. The van der Waals surface area contributed by atoms with E-state index in [9.17, 15) is 14.0 Å². The number of terminal acetylenes is 1. The smallest absolute Gasteiger partial charge is 0.324 e. The van der Waals surface area contributed by atoms with E-state index in [0.29, 0.717) is 6.42 Å². The maximum Gasteiger partial charge on any atom is 0.324 e. The number of rotatable bonds is 7. The van der Waals surface area contributed by atoms with Crippen LogP contribution in [0.5, 0.6) is 0 Å². The molecule has 0 saturated heterocycles. The molecule has 0 saturated carbocycles. The summed E-state index contributed by atoms with van der Waals surface area (Å²) >= 11 is 0. The van der Waals surface area contributed by atoms with E-state index in [1.54, 1.807) is 6.92 Å². The normalized spacial score (nSPS) is 15.4. The molecule has 17 heavy (non-hydrogen) atoms. The van der Waals surface area contributed by atoms with Crippen molar-refractivity contribution < 1.29 is 23.8 Å². The minimum absolute atomic E-state index is 0.0163. The number of hydrogen-bond donors (Lipinski definition) is 2. The Labute approximate surface area is 99.1 Å². The summed E-state index contributed by atoms with van der Waals surface area (Å²) in [7, 11) is 0. The summed E-state index contributed by atoms with van der Waals surface area (Å²) in [5.41, 5.74) is 5.43. The second-order valence-corrected chi connectivity index (χ2v) is 3.52. The molecule has 5 nitrogen and oxygen atoms in total. The maximum atomic E-state index is 13.0. The zero-order chi connectivity index (χ0) is 13.4. The second kappa shape index (κ2) is 7.63. The number of carbonyl (C=O) groups excluding carboxylic acids is 1. The van der Waals surface area contributed by atoms with Crippen molar-refractivity contribution in [1.82, 2.24) is 0 Å². The molecule has 0 heterocycles. The minimum atomic E-state index is -1.81. The molecule has 0 aliphatic carbocycles. The number of hydrogen-bond acceptors (Lipinski definition) is 4. The summed E-state index contributed by atoms with van der Waals surface area (Å²) in [6, 6.07) is -1.08. The van der Waals surface area contributed by atoms with E-state index in [1.165, 1.54) is 0 Å². The van der Waals surface area contributed by atoms with Gasteiger partial charge in [0.05, 0.1) is 0 Å². The van der Waals surface area contributed by atoms with Gasteiger partial charge in [0.15, 0.2) is 5.92 Å². The summed E-state index contributed by atoms with van der Waals surface area (Å²) < 4.78 is 17.4. The summed E-state index contributed by atoms with van der Waals surface area (Å²) in [5, 5.41) is 8.81. The van der Waals surface area contributed by atoms with Crippen LogP contribution in [0.15, 0.2) is 0 Å². The predicted octanol–water partition coefficient (Wildman–Crippen LogP) is 0.677. The molecule has 0 radical (unpaired) electrons. The largest absolute Gasteiger partial charge is 0.481 e. The molecule has 6 heteroatoms. The zero-order valence-corrected chi connectivity index (χ0v) is 9.56. The molecule has 0 aromatic heterocycles. The number of alkyl halides is 1. The molecule has 0 aromatic rings. The lowest BCUT2D eigenvalue weighted by molar-refractivity contribution is -0.170. The van der Waals surface area contributed by atoms with Gasteiger partial charge >= 0.3 is 11.9 Å². The van der Waals surface area contributed by atoms with E-state index in [-0.39, 0.29) is 12.8 Å². The van der Waals surface area contributed by atoms with Gasteiger partial charge in [-0.05, 0) is 6.42 Å². The van der Waals surface area contributed by atoms with Crippen LogP contribution >= 0.6 is 0 Å². The predicted molar refractivity (Wildman–Crippen MR) is 58.4 cm³/mol. The molecule has 0 rings (SSSR count). The van der Waals surface area contributed by atoms with Gasteiger partial charge in [-0.3, -0.25) is 9.59 Å². The second-order valence-electron chi connectivity index (χ2n) is 3.52. The van der Waals surface area contributed by atoms with Crippen LogP contribution in [-0.4, -0.2) is 29.4 Å². The fourth-order valence-corrected chi connectivity index (χ4v) is 1.20. The molecular weight excluding hydrogens is 229 g/mol. The highest BCUT2D eigenvalue weighted by atomic mass is 19.1. The van der Waals surface area contributed by atoms with Crippen molar-refractivity contribution >= 4 is 11.9 Å². The van der Waals surface area contributed by atoms with Crippen molar-refractivity contribution in [2.75, 3.05) is 0 Å². The quantitative estimate of drug-likeness (QED) is 0.391. The van der Waals surface area contributed by atoms with Gasteiger partial charge in [-0.25, -0.2) is 4.39 Å². The van der Waals surface area contributed by atoms with Crippen molar-refractivity contribution in [3.05, 3.63) is 0 Å². The van der Waals surface area contributed by atoms with Crippen molar-refractivity contribution in [2.24, 2.45) is 11.7 Å². The number of ether oxygens (including phenoxy) is 1. The Bertz CT molecular complexity index is 313. The van der Waals surface area contributed by atoms with Gasteiger partial charge in [-0.1, -0.05) is 6.92 Å². The molecular formula is C11H16FNO4. The first-order valence-corrected chi connectivity index (χ1v) is 5.20. The standard InChI is InChI=1S/C11H16FNO4/c1-3-5-7(13)9(10(14)15)11(16)17-8(12)6-4-2/h1,7-9H,4-6,13H2,2H3,(H,14,15). The Morgan fingerprint density at radius 1 is 1.59 bits per heavy atom. The van der Waals surface area contributed by atoms with Gasteiger partial charge in [-0.2, -0.15) is 0 Å². The van der Waals surface area contributed by atoms with E-state index in [4.69, 9.17) is 17.3 Å². The van der Waals surface area contributed by atoms with Gasteiger partial charge in [0, 0.05) is 18.9 Å². The molecule has 3 N–H and O–H groups in total. The Morgan fingerprint density at radius 3 is 2.59 bits per heavy atom. The van der Waals surface area contributed by atoms with Crippen molar-refractivity contribution in [2.45, 2.75) is 38.6 Å². The third-order valence-electron chi connectivity index (χ3n) is 2.06. The average Bonchev–Trinajstić information content (AvgIpc) is 2.17. The van der Waals surface area contributed by atoms with E-state index >= 15 is 0 Å². The monoisotopic (exact) mass is 245 g/mol. The van der Waals surface area contributed by atoms with E-state index < -0.39 is 30.3 Å². The minimum Gasteiger partial charge on any atom is -0.481 e. The first-order valence-electron chi connectivity index (χ1n) is 5.20. The van der Waals surface area contributed by atoms with Crippen molar-refractivity contribution in [3.8, 4) is 12.3 Å². The van der Waals surface area contributed by atoms with Crippen LogP contribution in [0.2, 0.25) is 0 Å². The Kier molecular flexibility index (Phi) is 6.91. The lowest BCUT2D eigenvalue weighted by atomic mass is 9.98. The maximum absolute atomic E-state index is 13.0. The van der Waals surface area contributed by atoms with E-state index in [1.807, 2.05) is 0 Å². The molecule has 0 aliphatic heterocycles. The highest BCUT2D eigenvalue weighted by Crippen LogP contribution is 2.12. The van der Waals surface area contributed by atoms with Crippen LogP contribution < -0.4 is 5.73 Å². The highest BCUT2D eigenvalue weighted by molar-refractivity contribution is 5.94. The lowest BCUT2D eigenvalue weighted by Gasteiger charge is -2.18. The number of nitrogens with two attached hydrogens (primary N) is 1. The first-order chi connectivity index (χ1) is 7.93. The third-order valence-corrected chi connectivity index (χ3v) is 2.06. The molecule has 0 aliphatic rings. The Balaban J connectivity index is 4.56. The number of carboxylic acids is 1. The topological polar surface area (TPSA) is 89.6 Å². The lowest BCUT2D eigenvalue weighted by Crippen LogP contribution is -2.42. The van der Waals surface area contributed by atoms with Crippen LogP contribution in [0.25, 0.3) is 0 Å². The number of aliphatic carboxylic acids is 1. The summed E-state index contributed by atoms with van der Waals surface area (Å²) in [6.45, 7) is 1.71. The Hall–Kier alpha value is -1.61. The molecule has 3 unspecified atom stereocenters. The summed E-state index contributed by atoms with van der Waals surface area (Å²) in [6.07, 6.45) is 3.55. The van der Waals surface area contributed by atoms with Crippen molar-refractivity contribution in [1.29, 1.82) is 0 Å².